The smallest absolute Gasteiger partial charge is 0.145 e. The molecule has 0 aliphatic heterocycles. The van der Waals surface area contributed by atoms with Gasteiger partial charge in [-0.3, -0.25) is 4.57 Å². The topological polar surface area (TPSA) is 17.8 Å². The van der Waals surface area contributed by atoms with Gasteiger partial charge in [-0.2, -0.15) is 0 Å². The van der Waals surface area contributed by atoms with Crippen LogP contribution in [0.1, 0.15) is 53.6 Å². The second kappa shape index (κ2) is 5.07. The third-order valence-electron chi connectivity index (χ3n) is 5.84. The predicted octanol–water partition coefficient (Wildman–Crippen LogP) is 5.52. The molecule has 2 heteroatoms. The van der Waals surface area contributed by atoms with Crippen molar-refractivity contribution in [1.29, 1.82) is 0 Å². The third-order valence-corrected chi connectivity index (χ3v) is 5.84. The summed E-state index contributed by atoms with van der Waals surface area (Å²) in [6.45, 7) is 4.44. The first-order valence-corrected chi connectivity index (χ1v) is 8.98. The first kappa shape index (κ1) is 14.0. The van der Waals surface area contributed by atoms with E-state index in [1.807, 2.05) is 0 Å². The van der Waals surface area contributed by atoms with Gasteiger partial charge in [-0.1, -0.05) is 48.5 Å². The van der Waals surface area contributed by atoms with Crippen LogP contribution in [-0.4, -0.2) is 9.55 Å². The monoisotopic (exact) mass is 314 g/mol. The van der Waals surface area contributed by atoms with E-state index in [1.54, 1.807) is 0 Å². The van der Waals surface area contributed by atoms with Crippen LogP contribution in [0, 0.1) is 13.8 Å². The summed E-state index contributed by atoms with van der Waals surface area (Å²) < 4.78 is 2.49. The van der Waals surface area contributed by atoms with Crippen LogP contribution < -0.4 is 0 Å². The summed E-state index contributed by atoms with van der Waals surface area (Å²) in [7, 11) is 0. The van der Waals surface area contributed by atoms with Crippen molar-refractivity contribution < 1.29 is 0 Å². The van der Waals surface area contributed by atoms with Gasteiger partial charge in [0.05, 0.1) is 11.4 Å². The van der Waals surface area contributed by atoms with Crippen molar-refractivity contribution >= 4 is 0 Å². The lowest BCUT2D eigenvalue weighted by atomic mass is 10.00. The number of rotatable bonds is 2. The van der Waals surface area contributed by atoms with E-state index in [0.717, 1.165) is 5.82 Å². The summed E-state index contributed by atoms with van der Waals surface area (Å²) in [5.74, 6) is 2.49. The summed E-state index contributed by atoms with van der Waals surface area (Å²) in [5.41, 5.74) is 8.06. The highest BCUT2D eigenvalue weighted by molar-refractivity contribution is 5.64. The number of nitrogens with zero attached hydrogens (tertiary/aromatic N) is 2. The molecule has 2 aromatic carbocycles. The number of aryl methyl sites for hydroxylation is 2. The van der Waals surface area contributed by atoms with E-state index in [0.29, 0.717) is 11.8 Å². The number of aromatic nitrogens is 2. The minimum absolute atomic E-state index is 0.679. The molecular weight excluding hydrogens is 292 g/mol. The molecule has 0 radical (unpaired) electrons. The van der Waals surface area contributed by atoms with E-state index in [9.17, 15) is 0 Å². The molecule has 5 rings (SSSR count). The first-order chi connectivity index (χ1) is 11.7. The van der Waals surface area contributed by atoms with Crippen molar-refractivity contribution in [3.8, 4) is 17.1 Å². The lowest BCUT2D eigenvalue weighted by Gasteiger charge is -2.20. The number of para-hydroxylation sites is 1. The molecule has 24 heavy (non-hydrogen) atoms. The average molecular weight is 314 g/mol. The van der Waals surface area contributed by atoms with Crippen molar-refractivity contribution in [2.24, 2.45) is 0 Å². The number of benzene rings is 2. The fourth-order valence-electron chi connectivity index (χ4n) is 4.79. The summed E-state index contributed by atoms with van der Waals surface area (Å²) in [4.78, 5) is 5.17. The van der Waals surface area contributed by atoms with Crippen LogP contribution in [-0.2, 0) is 0 Å². The van der Waals surface area contributed by atoms with Gasteiger partial charge >= 0.3 is 0 Å². The quantitative estimate of drug-likeness (QED) is 0.609. The first-order valence-electron chi connectivity index (χ1n) is 8.98. The number of hydrogen-bond acceptors (Lipinski definition) is 1. The molecule has 2 aliphatic carbocycles. The Bertz CT molecular complexity index is 900. The van der Waals surface area contributed by atoms with Crippen molar-refractivity contribution in [1.82, 2.24) is 9.55 Å². The molecule has 0 amide bonds. The molecule has 2 aliphatic rings. The highest BCUT2D eigenvalue weighted by Gasteiger charge is 2.42. The van der Waals surface area contributed by atoms with Crippen LogP contribution in [0.5, 0.6) is 0 Å². The Hall–Kier alpha value is -2.35. The molecule has 1 saturated carbocycles. The summed E-state index contributed by atoms with van der Waals surface area (Å²) in [5, 5.41) is 0. The lowest BCUT2D eigenvalue weighted by molar-refractivity contribution is 0.683. The normalized spacial score (nSPS) is 21.2. The van der Waals surface area contributed by atoms with Crippen LogP contribution >= 0.6 is 0 Å². The van der Waals surface area contributed by atoms with Crippen LogP contribution in [0.4, 0.5) is 0 Å². The maximum Gasteiger partial charge on any atom is 0.145 e. The molecule has 1 aromatic heterocycles. The van der Waals surface area contributed by atoms with Crippen LogP contribution in [0.3, 0.4) is 0 Å². The van der Waals surface area contributed by atoms with E-state index >= 15 is 0 Å². The Labute approximate surface area is 143 Å². The van der Waals surface area contributed by atoms with Gasteiger partial charge in [0.15, 0.2) is 0 Å². The van der Waals surface area contributed by atoms with E-state index in [4.69, 9.17) is 4.98 Å². The highest BCUT2D eigenvalue weighted by atomic mass is 15.1. The third kappa shape index (κ3) is 1.86. The molecular formula is C22H22N2. The molecule has 0 spiro atoms. The molecule has 3 aromatic rings. The van der Waals surface area contributed by atoms with Gasteiger partial charge in [-0.05, 0) is 44.2 Å². The van der Waals surface area contributed by atoms with Crippen molar-refractivity contribution in [2.45, 2.75) is 44.9 Å². The molecule has 1 heterocycles. The van der Waals surface area contributed by atoms with Crippen LogP contribution in [0.15, 0.2) is 48.5 Å². The Morgan fingerprint density at radius 3 is 2.33 bits per heavy atom. The van der Waals surface area contributed by atoms with Crippen LogP contribution in [0.2, 0.25) is 0 Å². The van der Waals surface area contributed by atoms with Gasteiger partial charge in [-0.15, -0.1) is 0 Å². The van der Waals surface area contributed by atoms with Crippen molar-refractivity contribution in [3.05, 3.63) is 71.0 Å². The molecule has 2 unspecified atom stereocenters. The maximum atomic E-state index is 5.17. The molecule has 2 atom stereocenters. The molecule has 2 bridgehead atoms. The molecule has 1 fully saturated rings. The van der Waals surface area contributed by atoms with Gasteiger partial charge in [0.25, 0.3) is 0 Å². The number of imidazole rings is 1. The molecule has 0 saturated heterocycles. The van der Waals surface area contributed by atoms with Gasteiger partial charge in [0.1, 0.15) is 5.82 Å². The van der Waals surface area contributed by atoms with Gasteiger partial charge < -0.3 is 0 Å². The molecule has 120 valence electrons. The summed E-state index contributed by atoms with van der Waals surface area (Å²) in [6, 6.07) is 17.3. The minimum atomic E-state index is 0.679. The largest absolute Gasteiger partial charge is 0.296 e. The second-order valence-corrected chi connectivity index (χ2v) is 7.35. The van der Waals surface area contributed by atoms with Gasteiger partial charge in [0, 0.05) is 23.1 Å². The van der Waals surface area contributed by atoms with Gasteiger partial charge in [0.2, 0.25) is 0 Å². The average Bonchev–Trinajstić information content (AvgIpc) is 3.28. The zero-order chi connectivity index (χ0) is 16.3. The maximum absolute atomic E-state index is 5.17. The van der Waals surface area contributed by atoms with E-state index in [1.165, 1.54) is 53.0 Å². The Kier molecular flexibility index (Phi) is 2.97. The fourth-order valence-corrected chi connectivity index (χ4v) is 4.79. The van der Waals surface area contributed by atoms with Gasteiger partial charge in [-0.25, -0.2) is 4.98 Å². The molecule has 2 nitrogen and oxygen atoms in total. The van der Waals surface area contributed by atoms with E-state index < -0.39 is 0 Å². The van der Waals surface area contributed by atoms with Crippen molar-refractivity contribution in [3.63, 3.8) is 0 Å². The summed E-state index contributed by atoms with van der Waals surface area (Å²) in [6.07, 6.45) is 3.94. The number of hydrogen-bond donors (Lipinski definition) is 0. The minimum Gasteiger partial charge on any atom is -0.296 e. The van der Waals surface area contributed by atoms with Crippen LogP contribution in [0.25, 0.3) is 17.1 Å². The SMILES string of the molecule is Cc1cccc(C)c1-n1c(-c2ccccc2)nc2c1C1CCC2C1. The Morgan fingerprint density at radius 2 is 1.58 bits per heavy atom. The standard InChI is InChI=1S/C22H22N2/c1-14-7-6-8-15(2)20(14)24-21-18-12-11-17(13-18)19(21)23-22(24)16-9-4-3-5-10-16/h3-10,17-18H,11-13H2,1-2H3. The zero-order valence-electron chi connectivity index (χ0n) is 14.3. The molecule has 0 N–H and O–H groups in total. The lowest BCUT2D eigenvalue weighted by Crippen LogP contribution is -2.08. The second-order valence-electron chi connectivity index (χ2n) is 7.35. The van der Waals surface area contributed by atoms with Crippen molar-refractivity contribution in [2.75, 3.05) is 0 Å². The predicted molar refractivity (Wildman–Crippen MR) is 97.8 cm³/mol. The fraction of sp³-hybridized carbons (Fsp3) is 0.318. The van der Waals surface area contributed by atoms with E-state index in [2.05, 4.69) is 66.9 Å². The Balaban J connectivity index is 1.84. The Morgan fingerprint density at radius 1 is 0.875 bits per heavy atom. The summed E-state index contributed by atoms with van der Waals surface area (Å²) >= 11 is 0. The van der Waals surface area contributed by atoms with E-state index in [-0.39, 0.29) is 0 Å². The number of fused-ring (bicyclic) bond motifs is 5. The highest BCUT2D eigenvalue weighted by Crippen LogP contribution is 2.54. The zero-order valence-corrected chi connectivity index (χ0v) is 14.3.